The molecule has 1 atom stereocenters. The number of carboxylic acids is 2. The molecule has 0 saturated carbocycles. The SMILES string of the molecule is C#CN(Cc1cc2c(=O)[nH]c(C)nc2cc1C)c1ccc(C(=O)N[C@@H](CCC(=O)O)C(=O)O)c(F)c1. The van der Waals surface area contributed by atoms with Crippen LogP contribution in [0.2, 0.25) is 0 Å². The number of hydrogen-bond acceptors (Lipinski definition) is 6. The van der Waals surface area contributed by atoms with E-state index in [-0.39, 0.29) is 24.2 Å². The van der Waals surface area contributed by atoms with Gasteiger partial charge in [-0.3, -0.25) is 19.3 Å². The first-order chi connectivity index (χ1) is 17.0. The molecule has 3 rings (SSSR count). The number of halogens is 1. The van der Waals surface area contributed by atoms with Crippen molar-refractivity contribution in [3.8, 4) is 12.5 Å². The van der Waals surface area contributed by atoms with Crippen LogP contribution in [0.1, 0.15) is 40.2 Å². The predicted molar refractivity (Wildman–Crippen MR) is 129 cm³/mol. The van der Waals surface area contributed by atoms with Crippen molar-refractivity contribution in [1.82, 2.24) is 15.3 Å². The molecule has 0 spiro atoms. The number of fused-ring (bicyclic) bond motifs is 1. The molecule has 0 aliphatic heterocycles. The summed E-state index contributed by atoms with van der Waals surface area (Å²) in [6, 6.07) is 7.98. The predicted octanol–water partition coefficient (Wildman–Crippen LogP) is 2.32. The van der Waals surface area contributed by atoms with E-state index in [1.807, 2.05) is 6.92 Å². The normalized spacial score (nSPS) is 11.5. The van der Waals surface area contributed by atoms with E-state index in [2.05, 4.69) is 21.3 Å². The molecule has 2 aromatic carbocycles. The van der Waals surface area contributed by atoms with Crippen LogP contribution in [0, 0.1) is 32.1 Å². The van der Waals surface area contributed by atoms with Gasteiger partial charge in [-0.25, -0.2) is 14.2 Å². The second-order valence-electron chi connectivity index (χ2n) is 8.12. The highest BCUT2D eigenvalue weighted by atomic mass is 19.1. The second-order valence-corrected chi connectivity index (χ2v) is 8.12. The Hall–Kier alpha value is -4.72. The molecule has 1 amide bonds. The molecule has 0 saturated heterocycles. The van der Waals surface area contributed by atoms with Crippen molar-refractivity contribution in [1.29, 1.82) is 0 Å². The van der Waals surface area contributed by atoms with Crippen molar-refractivity contribution in [2.45, 2.75) is 39.3 Å². The van der Waals surface area contributed by atoms with Crippen molar-refractivity contribution < 1.29 is 29.0 Å². The maximum atomic E-state index is 14.8. The van der Waals surface area contributed by atoms with Gasteiger partial charge in [0.05, 0.1) is 28.7 Å². The Kier molecular flexibility index (Phi) is 7.69. The number of aliphatic carboxylic acids is 2. The van der Waals surface area contributed by atoms with E-state index in [0.29, 0.717) is 22.3 Å². The lowest BCUT2D eigenvalue weighted by atomic mass is 10.0. The average molecular weight is 494 g/mol. The number of H-pyrrole nitrogens is 1. The van der Waals surface area contributed by atoms with E-state index in [9.17, 15) is 28.7 Å². The number of carbonyl (C=O) groups is 3. The minimum Gasteiger partial charge on any atom is -0.481 e. The number of carbonyl (C=O) groups excluding carboxylic acids is 1. The first-order valence-electron chi connectivity index (χ1n) is 10.8. The molecule has 0 bridgehead atoms. The first-order valence-corrected chi connectivity index (χ1v) is 10.8. The topological polar surface area (TPSA) is 153 Å². The molecule has 10 nitrogen and oxygen atoms in total. The molecule has 1 aromatic heterocycles. The average Bonchev–Trinajstić information content (AvgIpc) is 2.79. The fourth-order valence-corrected chi connectivity index (χ4v) is 3.62. The van der Waals surface area contributed by atoms with Crippen LogP contribution in [0.5, 0.6) is 0 Å². The summed E-state index contributed by atoms with van der Waals surface area (Å²) in [5.74, 6) is -4.12. The van der Waals surface area contributed by atoms with E-state index in [1.54, 1.807) is 19.1 Å². The van der Waals surface area contributed by atoms with Crippen molar-refractivity contribution in [2.75, 3.05) is 4.90 Å². The number of carboxylic acid groups (broad SMARTS) is 2. The van der Waals surface area contributed by atoms with Crippen LogP contribution >= 0.6 is 0 Å². The summed E-state index contributed by atoms with van der Waals surface area (Å²) in [6.45, 7) is 3.65. The maximum Gasteiger partial charge on any atom is 0.326 e. The summed E-state index contributed by atoms with van der Waals surface area (Å²) in [4.78, 5) is 55.1. The Morgan fingerprint density at radius 3 is 2.56 bits per heavy atom. The van der Waals surface area contributed by atoms with Crippen molar-refractivity contribution in [2.24, 2.45) is 0 Å². The number of aryl methyl sites for hydroxylation is 2. The fourth-order valence-electron chi connectivity index (χ4n) is 3.62. The van der Waals surface area contributed by atoms with E-state index >= 15 is 0 Å². The smallest absolute Gasteiger partial charge is 0.326 e. The van der Waals surface area contributed by atoms with Gasteiger partial charge in [0, 0.05) is 12.5 Å². The molecule has 186 valence electrons. The van der Waals surface area contributed by atoms with E-state index < -0.39 is 41.7 Å². The van der Waals surface area contributed by atoms with Crippen molar-refractivity contribution in [3.63, 3.8) is 0 Å². The van der Waals surface area contributed by atoms with Crippen molar-refractivity contribution in [3.05, 3.63) is 69.0 Å². The summed E-state index contributed by atoms with van der Waals surface area (Å²) in [5.41, 5.74) is 1.60. The summed E-state index contributed by atoms with van der Waals surface area (Å²) in [6.07, 6.45) is 4.81. The third-order valence-corrected chi connectivity index (χ3v) is 5.53. The van der Waals surface area contributed by atoms with E-state index in [0.717, 1.165) is 17.7 Å². The molecule has 3 aromatic rings. The molecule has 1 heterocycles. The maximum absolute atomic E-state index is 14.8. The van der Waals surface area contributed by atoms with Gasteiger partial charge in [-0.1, -0.05) is 6.42 Å². The summed E-state index contributed by atoms with van der Waals surface area (Å²) >= 11 is 0. The zero-order valence-electron chi connectivity index (χ0n) is 19.5. The third-order valence-electron chi connectivity index (χ3n) is 5.53. The molecule has 0 aliphatic rings. The quantitative estimate of drug-likeness (QED) is 0.261. The molecule has 11 heteroatoms. The van der Waals surface area contributed by atoms with Gasteiger partial charge in [0.15, 0.2) is 0 Å². The lowest BCUT2D eigenvalue weighted by Crippen LogP contribution is -2.41. The summed E-state index contributed by atoms with van der Waals surface area (Å²) < 4.78 is 14.8. The van der Waals surface area contributed by atoms with Crippen LogP contribution in [0.15, 0.2) is 35.1 Å². The van der Waals surface area contributed by atoms with Crippen molar-refractivity contribution >= 4 is 34.4 Å². The van der Waals surface area contributed by atoms with Gasteiger partial charge in [0.25, 0.3) is 11.5 Å². The van der Waals surface area contributed by atoms with Crippen LogP contribution in [-0.4, -0.2) is 44.1 Å². The number of hydrogen-bond donors (Lipinski definition) is 4. The number of aromatic amines is 1. The lowest BCUT2D eigenvalue weighted by Gasteiger charge is -2.20. The molecule has 0 radical (unpaired) electrons. The molecular formula is C25H23FN4O6. The zero-order chi connectivity index (χ0) is 26.6. The Labute approximate surface area is 204 Å². The molecule has 4 N–H and O–H groups in total. The van der Waals surface area contributed by atoms with Gasteiger partial charge < -0.3 is 20.5 Å². The van der Waals surface area contributed by atoms with Crippen LogP contribution in [0.3, 0.4) is 0 Å². The Balaban J connectivity index is 1.83. The van der Waals surface area contributed by atoms with Gasteiger partial charge in [0.2, 0.25) is 0 Å². The molecule has 0 unspecified atom stereocenters. The van der Waals surface area contributed by atoms with Crippen LogP contribution < -0.4 is 15.8 Å². The number of nitrogens with one attached hydrogen (secondary N) is 2. The molecule has 0 aliphatic carbocycles. The number of benzene rings is 2. The molecular weight excluding hydrogens is 471 g/mol. The van der Waals surface area contributed by atoms with Gasteiger partial charge in [-0.2, -0.15) is 0 Å². The zero-order valence-corrected chi connectivity index (χ0v) is 19.5. The summed E-state index contributed by atoms with van der Waals surface area (Å²) in [5, 5.41) is 20.5. The fraction of sp³-hybridized carbons (Fsp3) is 0.240. The largest absolute Gasteiger partial charge is 0.481 e. The molecule has 0 fully saturated rings. The number of amides is 1. The van der Waals surface area contributed by atoms with E-state index in [4.69, 9.17) is 11.5 Å². The number of rotatable bonds is 9. The molecule has 36 heavy (non-hydrogen) atoms. The lowest BCUT2D eigenvalue weighted by molar-refractivity contribution is -0.140. The minimum absolute atomic E-state index is 0.132. The minimum atomic E-state index is -1.49. The van der Waals surface area contributed by atoms with Crippen LogP contribution in [0.25, 0.3) is 10.9 Å². The number of nitrogens with zero attached hydrogens (tertiary/aromatic N) is 2. The van der Waals surface area contributed by atoms with Gasteiger partial charge >= 0.3 is 11.9 Å². The highest BCUT2D eigenvalue weighted by molar-refractivity contribution is 5.97. The highest BCUT2D eigenvalue weighted by Crippen LogP contribution is 2.23. The second kappa shape index (κ2) is 10.7. The number of terminal acetylenes is 1. The van der Waals surface area contributed by atoms with Gasteiger partial charge in [0.1, 0.15) is 17.7 Å². The Morgan fingerprint density at radius 1 is 1.22 bits per heavy atom. The summed E-state index contributed by atoms with van der Waals surface area (Å²) in [7, 11) is 0. The van der Waals surface area contributed by atoms with Crippen LogP contribution in [0.4, 0.5) is 10.1 Å². The highest BCUT2D eigenvalue weighted by Gasteiger charge is 2.23. The monoisotopic (exact) mass is 494 g/mol. The van der Waals surface area contributed by atoms with Gasteiger partial charge in [-0.05, 0) is 61.7 Å². The number of aromatic nitrogens is 2. The van der Waals surface area contributed by atoms with E-state index in [1.165, 1.54) is 11.0 Å². The Bertz CT molecular complexity index is 1460. The standard InChI is InChI=1S/C25H23FN4O6/c1-4-30(12-15-10-18-21(9-13(15)2)27-14(3)28-24(18)34)16-5-6-17(19(26)11-16)23(33)29-20(25(35)36)7-8-22(31)32/h1,5-6,9-11,20H,7-8,12H2,2-3H3,(H,29,33)(H,31,32)(H,35,36)(H,27,28,34)/t20-/m0/s1. The Morgan fingerprint density at radius 2 is 1.94 bits per heavy atom. The third kappa shape index (κ3) is 5.85. The van der Waals surface area contributed by atoms with Gasteiger partial charge in [-0.15, -0.1) is 0 Å². The number of anilines is 1. The van der Waals surface area contributed by atoms with Crippen LogP contribution in [-0.2, 0) is 16.1 Å². The first kappa shape index (κ1) is 25.9.